The highest BCUT2D eigenvalue weighted by molar-refractivity contribution is 7.99. The average molecular weight is 306 g/mol. The molecule has 21 heavy (non-hydrogen) atoms. The Hall–Kier alpha value is -2.20. The molecule has 0 aliphatic carbocycles. The largest absolute Gasteiger partial charge is 0.481 e. The van der Waals surface area contributed by atoms with E-state index in [1.54, 1.807) is 31.2 Å². The van der Waals surface area contributed by atoms with Gasteiger partial charge in [0, 0.05) is 5.75 Å². The van der Waals surface area contributed by atoms with Crippen molar-refractivity contribution in [3.05, 3.63) is 29.8 Å². The number of carbonyl (C=O) groups is 2. The first-order chi connectivity index (χ1) is 10.0. The van der Waals surface area contributed by atoms with Crippen molar-refractivity contribution in [2.75, 3.05) is 11.6 Å². The molecule has 1 fully saturated rings. The number of aliphatic carboxylic acids is 1. The Bertz CT molecular complexity index is 582. The normalized spacial score (nSPS) is 18.9. The zero-order valence-corrected chi connectivity index (χ0v) is 12.2. The smallest absolute Gasteiger partial charge is 0.327 e. The van der Waals surface area contributed by atoms with Gasteiger partial charge in [-0.25, -0.2) is 4.79 Å². The second-order valence-electron chi connectivity index (χ2n) is 4.56. The minimum atomic E-state index is -1.00. The maximum Gasteiger partial charge on any atom is 0.327 e. The number of ether oxygens (including phenoxy) is 1. The third-order valence-corrected chi connectivity index (χ3v) is 4.11. The molecule has 1 aliphatic heterocycles. The average Bonchev–Trinajstić information content (AvgIpc) is 2.96. The number of carbonyl (C=O) groups excluding carboxylic acids is 1. The van der Waals surface area contributed by atoms with Gasteiger partial charge in [0.25, 0.3) is 5.91 Å². The van der Waals surface area contributed by atoms with E-state index in [1.807, 2.05) is 6.07 Å². The number of thioether (sulfide) groups is 1. The lowest BCUT2D eigenvalue weighted by atomic mass is 10.2. The van der Waals surface area contributed by atoms with Crippen molar-refractivity contribution in [1.29, 1.82) is 5.26 Å². The number of hydrogen-bond acceptors (Lipinski definition) is 5. The summed E-state index contributed by atoms with van der Waals surface area (Å²) in [6.07, 6.45) is -0.779. The van der Waals surface area contributed by atoms with Gasteiger partial charge in [-0.3, -0.25) is 4.79 Å². The highest BCUT2D eigenvalue weighted by Gasteiger charge is 2.37. The van der Waals surface area contributed by atoms with E-state index in [9.17, 15) is 9.59 Å². The number of benzene rings is 1. The minimum absolute atomic E-state index is 0.350. The molecule has 1 N–H and O–H groups in total. The molecule has 6 nitrogen and oxygen atoms in total. The standard InChI is InChI=1S/C14H14N2O4S/c1-9(20-11-4-2-10(6-15)3-5-11)13(17)16-8-21-7-12(16)14(18)19/h2-5,9,12H,7-8H2,1H3,(H,18,19)/t9?,12-/m0/s1. The first kappa shape index (κ1) is 15.2. The van der Waals surface area contributed by atoms with E-state index in [2.05, 4.69) is 0 Å². The van der Waals surface area contributed by atoms with Crippen molar-refractivity contribution in [1.82, 2.24) is 4.90 Å². The fourth-order valence-electron chi connectivity index (χ4n) is 1.96. The van der Waals surface area contributed by atoms with Crippen molar-refractivity contribution in [3.8, 4) is 11.8 Å². The molecule has 1 aromatic carbocycles. The molecular formula is C14H14N2O4S. The SMILES string of the molecule is CC(Oc1ccc(C#N)cc1)C(=O)N1CSC[C@H]1C(=O)O. The Labute approximate surface area is 126 Å². The number of hydrogen-bond donors (Lipinski definition) is 1. The molecule has 1 aromatic rings. The van der Waals surface area contributed by atoms with Gasteiger partial charge in [0.15, 0.2) is 6.10 Å². The summed E-state index contributed by atoms with van der Waals surface area (Å²) >= 11 is 1.41. The molecule has 1 aliphatic rings. The molecule has 0 radical (unpaired) electrons. The Morgan fingerprint density at radius 3 is 2.71 bits per heavy atom. The third-order valence-electron chi connectivity index (χ3n) is 3.09. The highest BCUT2D eigenvalue weighted by atomic mass is 32.2. The first-order valence-electron chi connectivity index (χ1n) is 6.30. The van der Waals surface area contributed by atoms with Gasteiger partial charge in [0.05, 0.1) is 17.5 Å². The highest BCUT2D eigenvalue weighted by Crippen LogP contribution is 2.23. The van der Waals surface area contributed by atoms with Gasteiger partial charge < -0.3 is 14.7 Å². The molecule has 1 amide bonds. The van der Waals surface area contributed by atoms with Gasteiger partial charge in [-0.1, -0.05) is 0 Å². The van der Waals surface area contributed by atoms with Gasteiger partial charge in [-0.2, -0.15) is 5.26 Å². The molecule has 0 saturated carbocycles. The predicted octanol–water partition coefficient (Wildman–Crippen LogP) is 1.31. The summed E-state index contributed by atoms with van der Waals surface area (Å²) in [6, 6.07) is 7.60. The summed E-state index contributed by atoms with van der Waals surface area (Å²) < 4.78 is 5.51. The minimum Gasteiger partial charge on any atom is -0.481 e. The summed E-state index contributed by atoms with van der Waals surface area (Å²) in [5.74, 6) is -0.133. The van der Waals surface area contributed by atoms with E-state index >= 15 is 0 Å². The molecule has 1 heterocycles. The van der Waals surface area contributed by atoms with Gasteiger partial charge in [-0.15, -0.1) is 11.8 Å². The van der Waals surface area contributed by atoms with Crippen molar-refractivity contribution in [3.63, 3.8) is 0 Å². The molecule has 1 unspecified atom stereocenters. The Morgan fingerprint density at radius 1 is 1.48 bits per heavy atom. The lowest BCUT2D eigenvalue weighted by Gasteiger charge is -2.24. The maximum atomic E-state index is 12.3. The monoisotopic (exact) mass is 306 g/mol. The van der Waals surface area contributed by atoms with E-state index in [0.717, 1.165) is 0 Å². The Balaban J connectivity index is 2.02. The van der Waals surface area contributed by atoms with Crippen LogP contribution in [0.5, 0.6) is 5.75 Å². The number of amides is 1. The van der Waals surface area contributed by atoms with Crippen LogP contribution in [0, 0.1) is 11.3 Å². The number of nitriles is 1. The number of rotatable bonds is 4. The van der Waals surface area contributed by atoms with Gasteiger partial charge in [-0.05, 0) is 31.2 Å². The summed E-state index contributed by atoms with van der Waals surface area (Å²) in [5.41, 5.74) is 0.503. The van der Waals surface area contributed by atoms with Crippen molar-refractivity contribution in [2.24, 2.45) is 0 Å². The van der Waals surface area contributed by atoms with Crippen LogP contribution in [-0.4, -0.2) is 45.7 Å². The van der Waals surface area contributed by atoms with E-state index < -0.39 is 18.1 Å². The second-order valence-corrected chi connectivity index (χ2v) is 5.56. The summed E-state index contributed by atoms with van der Waals surface area (Å²) in [4.78, 5) is 24.7. The van der Waals surface area contributed by atoms with Gasteiger partial charge >= 0.3 is 5.97 Å². The summed E-state index contributed by atoms with van der Waals surface area (Å²) in [5, 5.41) is 17.8. The van der Waals surface area contributed by atoms with Crippen LogP contribution in [0.2, 0.25) is 0 Å². The van der Waals surface area contributed by atoms with Crippen LogP contribution in [0.15, 0.2) is 24.3 Å². The zero-order valence-electron chi connectivity index (χ0n) is 11.4. The van der Waals surface area contributed by atoms with E-state index in [4.69, 9.17) is 15.1 Å². The molecule has 1 saturated heterocycles. The van der Waals surface area contributed by atoms with Crippen LogP contribution in [0.1, 0.15) is 12.5 Å². The number of carboxylic acid groups (broad SMARTS) is 1. The van der Waals surface area contributed by atoms with E-state index in [0.29, 0.717) is 22.9 Å². The molecule has 0 spiro atoms. The quantitative estimate of drug-likeness (QED) is 0.902. The second kappa shape index (κ2) is 6.50. The van der Waals surface area contributed by atoms with Gasteiger partial charge in [0.2, 0.25) is 0 Å². The zero-order chi connectivity index (χ0) is 15.4. The van der Waals surface area contributed by atoms with Crippen molar-refractivity contribution < 1.29 is 19.4 Å². The molecule has 7 heteroatoms. The fourth-order valence-corrected chi connectivity index (χ4v) is 3.12. The summed E-state index contributed by atoms with van der Waals surface area (Å²) in [6.45, 7) is 1.59. The third kappa shape index (κ3) is 3.47. The molecule has 2 rings (SSSR count). The van der Waals surface area contributed by atoms with Crippen LogP contribution in [0.4, 0.5) is 0 Å². The van der Waals surface area contributed by atoms with Crippen LogP contribution in [0.25, 0.3) is 0 Å². The lowest BCUT2D eigenvalue weighted by Crippen LogP contribution is -2.47. The molecule has 110 valence electrons. The molecular weight excluding hydrogens is 292 g/mol. The van der Waals surface area contributed by atoms with Crippen LogP contribution in [-0.2, 0) is 9.59 Å². The lowest BCUT2D eigenvalue weighted by molar-refractivity contribution is -0.150. The first-order valence-corrected chi connectivity index (χ1v) is 7.46. The molecule has 0 aromatic heterocycles. The van der Waals surface area contributed by atoms with Crippen LogP contribution >= 0.6 is 11.8 Å². The molecule has 2 atom stereocenters. The van der Waals surface area contributed by atoms with Crippen LogP contribution in [0.3, 0.4) is 0 Å². The van der Waals surface area contributed by atoms with E-state index in [1.165, 1.54) is 16.7 Å². The maximum absolute atomic E-state index is 12.3. The number of nitrogens with zero attached hydrogens (tertiary/aromatic N) is 2. The Kier molecular flexibility index (Phi) is 4.70. The topological polar surface area (TPSA) is 90.6 Å². The summed E-state index contributed by atoms with van der Waals surface area (Å²) in [7, 11) is 0. The Morgan fingerprint density at radius 2 is 2.14 bits per heavy atom. The predicted molar refractivity (Wildman–Crippen MR) is 76.8 cm³/mol. The van der Waals surface area contributed by atoms with Crippen LogP contribution < -0.4 is 4.74 Å². The van der Waals surface area contributed by atoms with Crippen molar-refractivity contribution >= 4 is 23.6 Å². The van der Waals surface area contributed by atoms with Crippen molar-refractivity contribution in [2.45, 2.75) is 19.1 Å². The number of carboxylic acids is 1. The van der Waals surface area contributed by atoms with E-state index in [-0.39, 0.29) is 5.91 Å². The fraction of sp³-hybridized carbons (Fsp3) is 0.357. The molecule has 0 bridgehead atoms. The van der Waals surface area contributed by atoms with Gasteiger partial charge in [0.1, 0.15) is 11.8 Å².